The molecule has 1 fully saturated rings. The molecule has 3 rings (SSSR count). The van der Waals surface area contributed by atoms with Crippen LogP contribution in [0.5, 0.6) is 0 Å². The molecular weight excluding hydrogens is 370 g/mol. The number of aromatic nitrogens is 3. The molecule has 1 N–H and O–H groups in total. The van der Waals surface area contributed by atoms with Crippen LogP contribution in [0.2, 0.25) is 0 Å². The summed E-state index contributed by atoms with van der Waals surface area (Å²) in [4.78, 5) is 30.7. The van der Waals surface area contributed by atoms with Crippen molar-refractivity contribution in [2.45, 2.75) is 32.2 Å². The van der Waals surface area contributed by atoms with E-state index in [0.717, 1.165) is 43.6 Å². The standard InChI is InChI=1S/C21H29N5O3/c1-29-12-11-26-21(28)14-19(15-24-26)25-10-2-3-18(16-25)13-20(27)23-9-6-17-4-7-22-8-5-17/h4-5,7-8,14-15,18H,2-3,6,9-13,16H2,1H3,(H,23,27). The number of nitrogens with zero attached hydrogens (tertiary/aromatic N) is 4. The number of anilines is 1. The molecule has 0 radical (unpaired) electrons. The zero-order valence-electron chi connectivity index (χ0n) is 16.9. The molecule has 1 atom stereocenters. The number of pyridine rings is 1. The Morgan fingerprint density at radius 3 is 2.93 bits per heavy atom. The first kappa shape index (κ1) is 21.0. The highest BCUT2D eigenvalue weighted by Gasteiger charge is 2.23. The van der Waals surface area contributed by atoms with E-state index in [0.29, 0.717) is 26.1 Å². The number of carbonyl (C=O) groups is 1. The summed E-state index contributed by atoms with van der Waals surface area (Å²) in [5, 5.41) is 7.26. The summed E-state index contributed by atoms with van der Waals surface area (Å²) in [5.41, 5.74) is 1.86. The molecule has 2 aromatic heterocycles. The number of hydrogen-bond acceptors (Lipinski definition) is 6. The molecule has 29 heavy (non-hydrogen) atoms. The second kappa shape index (κ2) is 10.7. The molecule has 1 aliphatic rings. The zero-order chi connectivity index (χ0) is 20.5. The first-order chi connectivity index (χ1) is 14.2. The topological polar surface area (TPSA) is 89.3 Å². The van der Waals surface area contributed by atoms with Gasteiger partial charge < -0.3 is 15.0 Å². The third-order valence-electron chi connectivity index (χ3n) is 5.21. The molecule has 1 aliphatic heterocycles. The van der Waals surface area contributed by atoms with Crippen LogP contribution in [-0.4, -0.2) is 54.0 Å². The number of piperidine rings is 1. The van der Waals surface area contributed by atoms with E-state index < -0.39 is 0 Å². The predicted molar refractivity (Wildman–Crippen MR) is 111 cm³/mol. The third kappa shape index (κ3) is 6.39. The van der Waals surface area contributed by atoms with Gasteiger partial charge in [0.15, 0.2) is 0 Å². The lowest BCUT2D eigenvalue weighted by atomic mass is 9.94. The van der Waals surface area contributed by atoms with E-state index in [1.807, 2.05) is 12.1 Å². The van der Waals surface area contributed by atoms with Gasteiger partial charge >= 0.3 is 0 Å². The molecule has 1 saturated heterocycles. The van der Waals surface area contributed by atoms with Crippen LogP contribution in [0.1, 0.15) is 24.8 Å². The first-order valence-corrected chi connectivity index (χ1v) is 10.1. The number of nitrogens with one attached hydrogen (secondary N) is 1. The molecule has 0 saturated carbocycles. The second-order valence-corrected chi connectivity index (χ2v) is 7.38. The number of amides is 1. The van der Waals surface area contributed by atoms with Crippen molar-refractivity contribution in [3.8, 4) is 0 Å². The Morgan fingerprint density at radius 2 is 2.17 bits per heavy atom. The predicted octanol–water partition coefficient (Wildman–Crippen LogP) is 1.25. The van der Waals surface area contributed by atoms with Gasteiger partial charge in [-0.1, -0.05) is 0 Å². The Morgan fingerprint density at radius 1 is 1.34 bits per heavy atom. The summed E-state index contributed by atoms with van der Waals surface area (Å²) in [5.74, 6) is 0.361. The van der Waals surface area contributed by atoms with Crippen LogP contribution in [0.4, 0.5) is 5.69 Å². The summed E-state index contributed by atoms with van der Waals surface area (Å²) in [7, 11) is 1.60. The maximum atomic E-state index is 12.3. The maximum Gasteiger partial charge on any atom is 0.268 e. The fraction of sp³-hybridized carbons (Fsp3) is 0.524. The minimum atomic E-state index is -0.129. The SMILES string of the molecule is COCCn1ncc(N2CCCC(CC(=O)NCCc3ccncc3)C2)cc1=O. The van der Waals surface area contributed by atoms with Crippen LogP contribution in [-0.2, 0) is 22.5 Å². The minimum Gasteiger partial charge on any atom is -0.383 e. The van der Waals surface area contributed by atoms with Crippen LogP contribution in [0, 0.1) is 5.92 Å². The number of hydrogen-bond donors (Lipinski definition) is 1. The van der Waals surface area contributed by atoms with Crippen molar-refractivity contribution >= 4 is 11.6 Å². The van der Waals surface area contributed by atoms with E-state index in [1.54, 1.807) is 31.8 Å². The van der Waals surface area contributed by atoms with Gasteiger partial charge in [0.2, 0.25) is 5.91 Å². The minimum absolute atomic E-state index is 0.0824. The summed E-state index contributed by atoms with van der Waals surface area (Å²) in [6, 6.07) is 5.55. The van der Waals surface area contributed by atoms with Gasteiger partial charge in [-0.3, -0.25) is 14.6 Å². The molecule has 0 spiro atoms. The lowest BCUT2D eigenvalue weighted by molar-refractivity contribution is -0.122. The number of methoxy groups -OCH3 is 1. The lowest BCUT2D eigenvalue weighted by Gasteiger charge is -2.34. The Kier molecular flexibility index (Phi) is 7.75. The molecule has 1 unspecified atom stereocenters. The van der Waals surface area contributed by atoms with E-state index in [1.165, 1.54) is 4.68 Å². The Bertz CT molecular complexity index is 840. The summed E-state index contributed by atoms with van der Waals surface area (Å²) < 4.78 is 6.41. The van der Waals surface area contributed by atoms with Gasteiger partial charge in [0.05, 0.1) is 25.0 Å². The van der Waals surface area contributed by atoms with Gasteiger partial charge in [-0.15, -0.1) is 0 Å². The highest BCUT2D eigenvalue weighted by Crippen LogP contribution is 2.23. The molecule has 8 heteroatoms. The van der Waals surface area contributed by atoms with Crippen LogP contribution in [0.15, 0.2) is 41.6 Å². The zero-order valence-corrected chi connectivity index (χ0v) is 16.9. The molecule has 1 amide bonds. The molecule has 3 heterocycles. The first-order valence-electron chi connectivity index (χ1n) is 10.1. The van der Waals surface area contributed by atoms with Gasteiger partial charge in [-0.2, -0.15) is 5.10 Å². The maximum absolute atomic E-state index is 12.3. The van der Waals surface area contributed by atoms with Gasteiger partial charge in [-0.05, 0) is 42.9 Å². The molecule has 0 aliphatic carbocycles. The number of rotatable bonds is 9. The molecule has 2 aromatic rings. The largest absolute Gasteiger partial charge is 0.383 e. The Hall–Kier alpha value is -2.74. The van der Waals surface area contributed by atoms with E-state index in [-0.39, 0.29) is 17.4 Å². The van der Waals surface area contributed by atoms with Crippen molar-refractivity contribution in [3.05, 3.63) is 52.7 Å². The average Bonchev–Trinajstić information content (AvgIpc) is 2.74. The van der Waals surface area contributed by atoms with E-state index in [2.05, 4.69) is 20.3 Å². The smallest absolute Gasteiger partial charge is 0.268 e. The average molecular weight is 399 g/mol. The van der Waals surface area contributed by atoms with Crippen LogP contribution in [0.25, 0.3) is 0 Å². The van der Waals surface area contributed by atoms with Gasteiger partial charge in [-0.25, -0.2) is 4.68 Å². The highest BCUT2D eigenvalue weighted by atomic mass is 16.5. The third-order valence-corrected chi connectivity index (χ3v) is 5.21. The van der Waals surface area contributed by atoms with Crippen molar-refractivity contribution in [1.82, 2.24) is 20.1 Å². The van der Waals surface area contributed by atoms with Gasteiger partial charge in [0, 0.05) is 51.6 Å². The molecule has 8 nitrogen and oxygen atoms in total. The summed E-state index contributed by atoms with van der Waals surface area (Å²) in [6.45, 7) is 3.17. The fourth-order valence-electron chi connectivity index (χ4n) is 3.64. The van der Waals surface area contributed by atoms with Crippen molar-refractivity contribution in [1.29, 1.82) is 0 Å². The van der Waals surface area contributed by atoms with Crippen molar-refractivity contribution < 1.29 is 9.53 Å². The van der Waals surface area contributed by atoms with Gasteiger partial charge in [0.25, 0.3) is 5.56 Å². The summed E-state index contributed by atoms with van der Waals surface area (Å²) in [6.07, 6.45) is 8.58. The van der Waals surface area contributed by atoms with Crippen LogP contribution >= 0.6 is 0 Å². The summed E-state index contributed by atoms with van der Waals surface area (Å²) >= 11 is 0. The highest BCUT2D eigenvalue weighted by molar-refractivity contribution is 5.76. The number of carbonyl (C=O) groups excluding carboxylic acids is 1. The van der Waals surface area contributed by atoms with Crippen LogP contribution in [0.3, 0.4) is 0 Å². The molecule has 156 valence electrons. The normalized spacial score (nSPS) is 16.6. The Labute approximate surface area is 170 Å². The second-order valence-electron chi connectivity index (χ2n) is 7.38. The molecule has 0 aromatic carbocycles. The van der Waals surface area contributed by atoms with E-state index in [9.17, 15) is 9.59 Å². The monoisotopic (exact) mass is 399 g/mol. The molecule has 0 bridgehead atoms. The Balaban J connectivity index is 1.48. The molecular formula is C21H29N5O3. The van der Waals surface area contributed by atoms with E-state index >= 15 is 0 Å². The van der Waals surface area contributed by atoms with Crippen LogP contribution < -0.4 is 15.8 Å². The number of ether oxygens (including phenoxy) is 1. The lowest BCUT2D eigenvalue weighted by Crippen LogP contribution is -2.39. The van der Waals surface area contributed by atoms with E-state index in [4.69, 9.17) is 4.74 Å². The fourth-order valence-corrected chi connectivity index (χ4v) is 3.64. The van der Waals surface area contributed by atoms with Crippen molar-refractivity contribution in [2.24, 2.45) is 5.92 Å². The van der Waals surface area contributed by atoms with Crippen molar-refractivity contribution in [3.63, 3.8) is 0 Å². The quantitative estimate of drug-likeness (QED) is 0.683. The van der Waals surface area contributed by atoms with Crippen molar-refractivity contribution in [2.75, 3.05) is 38.3 Å². The van der Waals surface area contributed by atoms with Gasteiger partial charge in [0.1, 0.15) is 0 Å².